The van der Waals surface area contributed by atoms with Crippen molar-refractivity contribution in [3.05, 3.63) is 47.7 Å². The van der Waals surface area contributed by atoms with E-state index in [4.69, 9.17) is 4.42 Å². The molecule has 4 nitrogen and oxygen atoms in total. The third-order valence-corrected chi connectivity index (χ3v) is 5.24. The van der Waals surface area contributed by atoms with Crippen LogP contribution in [0.4, 0.5) is 0 Å². The Bertz CT molecular complexity index is 699. The minimum absolute atomic E-state index is 0.0713. The van der Waals surface area contributed by atoms with E-state index in [0.717, 1.165) is 35.7 Å². The molecule has 0 saturated heterocycles. The van der Waals surface area contributed by atoms with Gasteiger partial charge in [0.05, 0.1) is 0 Å². The first kappa shape index (κ1) is 17.7. The summed E-state index contributed by atoms with van der Waals surface area (Å²) in [7, 11) is 4.06. The zero-order valence-corrected chi connectivity index (χ0v) is 15.5. The van der Waals surface area contributed by atoms with Crippen LogP contribution in [0, 0.1) is 6.92 Å². The van der Waals surface area contributed by atoms with Crippen LogP contribution < -0.4 is 0 Å². The third kappa shape index (κ3) is 4.31. The number of likely N-dealkylation sites (N-methyl/N-ethyl adjacent to an activating group) is 2. The molecule has 1 aliphatic rings. The first-order chi connectivity index (χ1) is 12.0. The van der Waals surface area contributed by atoms with Crippen LogP contribution in [0.3, 0.4) is 0 Å². The molecule has 1 saturated carbocycles. The second kappa shape index (κ2) is 7.87. The van der Waals surface area contributed by atoms with Crippen LogP contribution in [-0.4, -0.2) is 48.9 Å². The van der Waals surface area contributed by atoms with Crippen LogP contribution in [-0.2, 0) is 0 Å². The van der Waals surface area contributed by atoms with Crippen LogP contribution in [0.15, 0.2) is 40.8 Å². The summed E-state index contributed by atoms with van der Waals surface area (Å²) in [5.74, 6) is 1.80. The number of aryl methyl sites for hydroxylation is 1. The highest BCUT2D eigenvalue weighted by Crippen LogP contribution is 2.23. The Hall–Kier alpha value is -2.07. The second-order valence-electron chi connectivity index (χ2n) is 7.13. The molecule has 1 heterocycles. The molecule has 0 atom stereocenters. The van der Waals surface area contributed by atoms with Crippen molar-refractivity contribution >= 4 is 5.91 Å². The first-order valence-electron chi connectivity index (χ1n) is 9.17. The van der Waals surface area contributed by atoms with Crippen molar-refractivity contribution in [2.24, 2.45) is 0 Å². The van der Waals surface area contributed by atoms with Crippen molar-refractivity contribution in [1.29, 1.82) is 0 Å². The lowest BCUT2D eigenvalue weighted by molar-refractivity contribution is 0.0774. The molecule has 0 radical (unpaired) electrons. The van der Waals surface area contributed by atoms with Crippen molar-refractivity contribution in [3.63, 3.8) is 0 Å². The molecule has 1 aliphatic carbocycles. The average molecular weight is 340 g/mol. The van der Waals surface area contributed by atoms with Gasteiger partial charge in [0.1, 0.15) is 11.5 Å². The molecule has 0 bridgehead atoms. The highest BCUT2D eigenvalue weighted by Gasteiger charge is 2.20. The number of rotatable bonds is 6. The van der Waals surface area contributed by atoms with Gasteiger partial charge in [-0.15, -0.1) is 0 Å². The first-order valence-corrected chi connectivity index (χ1v) is 9.17. The maximum Gasteiger partial charge on any atom is 0.253 e. The predicted octanol–water partition coefficient (Wildman–Crippen LogP) is 4.20. The van der Waals surface area contributed by atoms with Crippen molar-refractivity contribution in [3.8, 4) is 11.3 Å². The van der Waals surface area contributed by atoms with Gasteiger partial charge in [-0.2, -0.15) is 0 Å². The van der Waals surface area contributed by atoms with Crippen LogP contribution in [0.5, 0.6) is 0 Å². The van der Waals surface area contributed by atoms with Crippen molar-refractivity contribution in [2.45, 2.75) is 38.6 Å². The summed E-state index contributed by atoms with van der Waals surface area (Å²) in [4.78, 5) is 16.8. The van der Waals surface area contributed by atoms with Gasteiger partial charge in [0.15, 0.2) is 0 Å². The van der Waals surface area contributed by atoms with Gasteiger partial charge in [-0.25, -0.2) is 0 Å². The molecule has 0 N–H and O–H groups in total. The number of furan rings is 1. The summed E-state index contributed by atoms with van der Waals surface area (Å²) in [6, 6.07) is 12.3. The second-order valence-corrected chi connectivity index (χ2v) is 7.13. The molecule has 1 aromatic carbocycles. The zero-order chi connectivity index (χ0) is 17.8. The summed E-state index contributed by atoms with van der Waals surface area (Å²) in [6.07, 6.45) is 5.26. The third-order valence-electron chi connectivity index (χ3n) is 5.24. The number of carbonyl (C=O) groups excluding carboxylic acids is 1. The fourth-order valence-electron chi connectivity index (χ4n) is 3.52. The fraction of sp³-hybridized carbons (Fsp3) is 0.476. The molecular weight excluding hydrogens is 312 g/mol. The van der Waals surface area contributed by atoms with Crippen molar-refractivity contribution in [1.82, 2.24) is 9.80 Å². The van der Waals surface area contributed by atoms with E-state index in [9.17, 15) is 4.79 Å². The summed E-state index contributed by atoms with van der Waals surface area (Å²) >= 11 is 0. The predicted molar refractivity (Wildman–Crippen MR) is 101 cm³/mol. The molecule has 4 heteroatoms. The molecule has 134 valence electrons. The fourth-order valence-corrected chi connectivity index (χ4v) is 3.52. The van der Waals surface area contributed by atoms with Crippen LogP contribution >= 0.6 is 0 Å². The number of amides is 1. The van der Waals surface area contributed by atoms with E-state index in [2.05, 4.69) is 11.9 Å². The van der Waals surface area contributed by atoms with Crippen LogP contribution in [0.2, 0.25) is 0 Å². The van der Waals surface area contributed by atoms with Crippen LogP contribution in [0.25, 0.3) is 11.3 Å². The molecule has 0 unspecified atom stereocenters. The largest absolute Gasteiger partial charge is 0.461 e. The number of carbonyl (C=O) groups is 1. The van der Waals surface area contributed by atoms with Gasteiger partial charge < -0.3 is 14.2 Å². The number of hydrogen-bond acceptors (Lipinski definition) is 3. The minimum atomic E-state index is 0.0713. The zero-order valence-electron chi connectivity index (χ0n) is 15.5. The Morgan fingerprint density at radius 2 is 1.72 bits per heavy atom. The SMILES string of the molecule is Cc1ccc(-c2ccc(C(=O)N(C)CCN(C)C3CCCC3)cc2)o1. The van der Waals surface area contributed by atoms with E-state index in [1.54, 1.807) is 0 Å². The van der Waals surface area contributed by atoms with Gasteiger partial charge in [0, 0.05) is 37.3 Å². The number of benzene rings is 1. The Labute approximate surface area is 150 Å². The lowest BCUT2D eigenvalue weighted by atomic mass is 10.1. The maximum absolute atomic E-state index is 12.6. The highest BCUT2D eigenvalue weighted by atomic mass is 16.3. The standard InChI is InChI=1S/C21H28N2O2/c1-16-8-13-20(25-16)17-9-11-18(12-10-17)21(24)23(3)15-14-22(2)19-6-4-5-7-19/h8-13,19H,4-7,14-15H2,1-3H3. The molecule has 0 spiro atoms. The van der Waals surface area contributed by atoms with Crippen molar-refractivity contribution < 1.29 is 9.21 Å². The van der Waals surface area contributed by atoms with Crippen molar-refractivity contribution in [2.75, 3.05) is 27.2 Å². The summed E-state index contributed by atoms with van der Waals surface area (Å²) in [5.41, 5.74) is 1.71. The van der Waals surface area contributed by atoms with E-state index in [-0.39, 0.29) is 5.91 Å². The Balaban J connectivity index is 1.56. The average Bonchev–Trinajstić information content (AvgIpc) is 3.30. The van der Waals surface area contributed by atoms with Gasteiger partial charge in [0.2, 0.25) is 0 Å². The molecule has 1 amide bonds. The summed E-state index contributed by atoms with van der Waals surface area (Å²) in [6.45, 7) is 3.61. The Kier molecular flexibility index (Phi) is 5.59. The quantitative estimate of drug-likeness (QED) is 0.791. The smallest absolute Gasteiger partial charge is 0.253 e. The minimum Gasteiger partial charge on any atom is -0.461 e. The van der Waals surface area contributed by atoms with E-state index in [0.29, 0.717) is 6.04 Å². The molecule has 25 heavy (non-hydrogen) atoms. The highest BCUT2D eigenvalue weighted by molar-refractivity contribution is 5.94. The number of hydrogen-bond donors (Lipinski definition) is 0. The lowest BCUT2D eigenvalue weighted by Gasteiger charge is -2.26. The van der Waals surface area contributed by atoms with Gasteiger partial charge in [-0.05, 0) is 51.1 Å². The molecule has 2 aromatic rings. The van der Waals surface area contributed by atoms with E-state index in [1.165, 1.54) is 25.7 Å². The van der Waals surface area contributed by atoms with E-state index >= 15 is 0 Å². The normalized spacial score (nSPS) is 15.0. The van der Waals surface area contributed by atoms with Gasteiger partial charge in [0.25, 0.3) is 5.91 Å². The monoisotopic (exact) mass is 340 g/mol. The van der Waals surface area contributed by atoms with Gasteiger partial charge >= 0.3 is 0 Å². The van der Waals surface area contributed by atoms with E-state index in [1.807, 2.05) is 55.3 Å². The van der Waals surface area contributed by atoms with Gasteiger partial charge in [-0.3, -0.25) is 4.79 Å². The topological polar surface area (TPSA) is 36.7 Å². The van der Waals surface area contributed by atoms with Gasteiger partial charge in [-0.1, -0.05) is 25.0 Å². The number of nitrogens with zero attached hydrogens (tertiary/aromatic N) is 2. The maximum atomic E-state index is 12.6. The van der Waals surface area contributed by atoms with E-state index < -0.39 is 0 Å². The Morgan fingerprint density at radius 3 is 2.32 bits per heavy atom. The molecule has 0 aliphatic heterocycles. The lowest BCUT2D eigenvalue weighted by Crippen LogP contribution is -2.38. The molecule has 1 fully saturated rings. The Morgan fingerprint density at radius 1 is 1.04 bits per heavy atom. The molecule has 3 rings (SSSR count). The molecular formula is C21H28N2O2. The van der Waals surface area contributed by atoms with Crippen LogP contribution in [0.1, 0.15) is 41.8 Å². The molecule has 1 aromatic heterocycles. The summed E-state index contributed by atoms with van der Waals surface area (Å²) < 4.78 is 5.63. The summed E-state index contributed by atoms with van der Waals surface area (Å²) in [5, 5.41) is 0.